The van der Waals surface area contributed by atoms with Crippen LogP contribution in [0.15, 0.2) is 0 Å². The van der Waals surface area contributed by atoms with Crippen LogP contribution in [0, 0.1) is 0 Å². The predicted molar refractivity (Wildman–Crippen MR) is 80.6 cm³/mol. The van der Waals surface area contributed by atoms with E-state index in [1.165, 1.54) is 12.8 Å². The van der Waals surface area contributed by atoms with E-state index in [9.17, 15) is 5.11 Å². The molecule has 6 heteroatoms. The van der Waals surface area contributed by atoms with Gasteiger partial charge in [-0.15, -0.1) is 0 Å². The zero-order valence-corrected chi connectivity index (χ0v) is 13.1. The van der Waals surface area contributed by atoms with Gasteiger partial charge in [0.15, 0.2) is 5.13 Å². The molecule has 20 heavy (non-hydrogen) atoms. The molecule has 1 aromatic rings. The molecule has 0 aromatic carbocycles. The molecule has 0 amide bonds. The first-order valence-corrected chi connectivity index (χ1v) is 7.95. The number of methoxy groups -OCH3 is 2. The van der Waals surface area contributed by atoms with Gasteiger partial charge in [0.1, 0.15) is 0 Å². The molecule has 0 bridgehead atoms. The molecule has 1 aliphatic rings. The summed E-state index contributed by atoms with van der Waals surface area (Å²) in [6.45, 7) is 3.25. The first kappa shape index (κ1) is 15.7. The van der Waals surface area contributed by atoms with E-state index in [1.54, 1.807) is 25.6 Å². The second-order valence-corrected chi connectivity index (χ2v) is 6.13. The van der Waals surface area contributed by atoms with Gasteiger partial charge >= 0.3 is 0 Å². The number of thiazole rings is 1. The number of aromatic nitrogens is 1. The first-order valence-electron chi connectivity index (χ1n) is 7.13. The standard InChI is InChI=1S/C14H24N2O3S/c1-18-8-3-6-16(7-9-19-2)14-15-13(11-4-5-11)12(10-17)20-14/h11,17H,3-10H2,1-2H3. The number of hydrogen-bond acceptors (Lipinski definition) is 6. The number of aliphatic hydroxyl groups is 1. The van der Waals surface area contributed by atoms with Gasteiger partial charge in [0.25, 0.3) is 0 Å². The summed E-state index contributed by atoms with van der Waals surface area (Å²) < 4.78 is 10.3. The Kier molecular flexibility index (Phi) is 6.22. The Balaban J connectivity index is 2.05. The zero-order chi connectivity index (χ0) is 14.4. The van der Waals surface area contributed by atoms with E-state index in [4.69, 9.17) is 14.5 Å². The second kappa shape index (κ2) is 7.93. The highest BCUT2D eigenvalue weighted by Gasteiger charge is 2.30. The van der Waals surface area contributed by atoms with Gasteiger partial charge in [-0.3, -0.25) is 0 Å². The van der Waals surface area contributed by atoms with E-state index < -0.39 is 0 Å². The van der Waals surface area contributed by atoms with Crippen molar-refractivity contribution in [1.82, 2.24) is 4.98 Å². The lowest BCUT2D eigenvalue weighted by atomic mass is 10.2. The van der Waals surface area contributed by atoms with Crippen molar-refractivity contribution in [3.05, 3.63) is 10.6 Å². The van der Waals surface area contributed by atoms with Crippen LogP contribution in [-0.2, 0) is 16.1 Å². The van der Waals surface area contributed by atoms with Crippen LogP contribution in [0.4, 0.5) is 5.13 Å². The molecular formula is C14H24N2O3S. The first-order chi connectivity index (χ1) is 9.80. The molecule has 1 saturated carbocycles. The summed E-state index contributed by atoms with van der Waals surface area (Å²) >= 11 is 1.61. The summed E-state index contributed by atoms with van der Waals surface area (Å²) in [5.41, 5.74) is 1.11. The lowest BCUT2D eigenvalue weighted by Gasteiger charge is -2.21. The topological polar surface area (TPSA) is 54.8 Å². The number of nitrogens with zero attached hydrogens (tertiary/aromatic N) is 2. The number of aliphatic hydroxyl groups excluding tert-OH is 1. The van der Waals surface area contributed by atoms with Gasteiger partial charge in [0.05, 0.1) is 23.8 Å². The van der Waals surface area contributed by atoms with Gasteiger partial charge in [-0.05, 0) is 19.3 Å². The molecule has 1 fully saturated rings. The Hall–Kier alpha value is -0.690. The minimum absolute atomic E-state index is 0.0969. The normalized spacial score (nSPS) is 14.8. The van der Waals surface area contributed by atoms with Gasteiger partial charge in [0, 0.05) is 39.8 Å². The molecule has 2 rings (SSSR count). The fourth-order valence-electron chi connectivity index (χ4n) is 2.18. The van der Waals surface area contributed by atoms with Crippen molar-refractivity contribution in [2.45, 2.75) is 31.8 Å². The zero-order valence-electron chi connectivity index (χ0n) is 12.3. The van der Waals surface area contributed by atoms with Crippen LogP contribution >= 0.6 is 11.3 Å². The van der Waals surface area contributed by atoms with E-state index in [0.29, 0.717) is 12.5 Å². The maximum Gasteiger partial charge on any atom is 0.185 e. The van der Waals surface area contributed by atoms with Crippen LogP contribution < -0.4 is 4.90 Å². The minimum Gasteiger partial charge on any atom is -0.391 e. The molecule has 0 unspecified atom stereocenters. The SMILES string of the molecule is COCCCN(CCOC)c1nc(C2CC2)c(CO)s1. The Morgan fingerprint density at radius 3 is 2.60 bits per heavy atom. The Labute approximate surface area is 124 Å². The van der Waals surface area contributed by atoms with Crippen LogP contribution in [0.25, 0.3) is 0 Å². The summed E-state index contributed by atoms with van der Waals surface area (Å²) in [5.74, 6) is 0.574. The molecule has 0 aliphatic heterocycles. The van der Waals surface area contributed by atoms with Crippen molar-refractivity contribution in [3.63, 3.8) is 0 Å². The highest BCUT2D eigenvalue weighted by Crippen LogP contribution is 2.44. The van der Waals surface area contributed by atoms with Crippen molar-refractivity contribution < 1.29 is 14.6 Å². The van der Waals surface area contributed by atoms with E-state index in [0.717, 1.165) is 41.8 Å². The Morgan fingerprint density at radius 1 is 1.25 bits per heavy atom. The highest BCUT2D eigenvalue weighted by atomic mass is 32.1. The van der Waals surface area contributed by atoms with Gasteiger partial charge in [-0.25, -0.2) is 4.98 Å². The quantitative estimate of drug-likeness (QED) is 0.670. The number of anilines is 1. The van der Waals surface area contributed by atoms with Crippen molar-refractivity contribution in [2.75, 3.05) is 45.4 Å². The summed E-state index contributed by atoms with van der Waals surface area (Å²) in [6.07, 6.45) is 3.38. The van der Waals surface area contributed by atoms with Crippen molar-refractivity contribution in [3.8, 4) is 0 Å². The molecule has 114 valence electrons. The average Bonchev–Trinajstić information content (AvgIpc) is 3.22. The fourth-order valence-corrected chi connectivity index (χ4v) is 3.24. The van der Waals surface area contributed by atoms with Gasteiger partial charge < -0.3 is 19.5 Å². The van der Waals surface area contributed by atoms with Gasteiger partial charge in [0.2, 0.25) is 0 Å². The fraction of sp³-hybridized carbons (Fsp3) is 0.786. The molecule has 1 N–H and O–H groups in total. The third-order valence-electron chi connectivity index (χ3n) is 3.44. The summed E-state index contributed by atoms with van der Waals surface area (Å²) in [7, 11) is 3.43. The molecule has 0 spiro atoms. The lowest BCUT2D eigenvalue weighted by molar-refractivity contribution is 0.191. The van der Waals surface area contributed by atoms with Gasteiger partial charge in [-0.1, -0.05) is 11.3 Å². The van der Waals surface area contributed by atoms with E-state index in [-0.39, 0.29) is 6.61 Å². The van der Waals surface area contributed by atoms with E-state index in [1.807, 2.05) is 0 Å². The predicted octanol–water partition coefficient (Wildman–Crippen LogP) is 2.00. The Bertz CT molecular complexity index is 407. The molecule has 0 radical (unpaired) electrons. The molecule has 0 atom stereocenters. The third kappa shape index (κ3) is 4.15. The van der Waals surface area contributed by atoms with E-state index >= 15 is 0 Å². The van der Waals surface area contributed by atoms with Gasteiger partial charge in [-0.2, -0.15) is 0 Å². The Morgan fingerprint density at radius 2 is 2.00 bits per heavy atom. The third-order valence-corrected chi connectivity index (χ3v) is 4.55. The molecule has 1 aromatic heterocycles. The van der Waals surface area contributed by atoms with Crippen molar-refractivity contribution in [2.24, 2.45) is 0 Å². The second-order valence-electron chi connectivity index (χ2n) is 5.06. The van der Waals surface area contributed by atoms with Crippen LogP contribution in [-0.4, -0.2) is 50.6 Å². The largest absolute Gasteiger partial charge is 0.391 e. The monoisotopic (exact) mass is 300 g/mol. The molecule has 1 aliphatic carbocycles. The van der Waals surface area contributed by atoms with Crippen molar-refractivity contribution >= 4 is 16.5 Å². The molecule has 1 heterocycles. The molecular weight excluding hydrogens is 276 g/mol. The smallest absolute Gasteiger partial charge is 0.185 e. The minimum atomic E-state index is 0.0969. The summed E-state index contributed by atoms with van der Waals surface area (Å²) in [4.78, 5) is 8.02. The van der Waals surface area contributed by atoms with Crippen LogP contribution in [0.5, 0.6) is 0 Å². The maximum absolute atomic E-state index is 9.49. The van der Waals surface area contributed by atoms with Crippen molar-refractivity contribution in [1.29, 1.82) is 0 Å². The van der Waals surface area contributed by atoms with Crippen LogP contribution in [0.2, 0.25) is 0 Å². The number of hydrogen-bond donors (Lipinski definition) is 1. The lowest BCUT2D eigenvalue weighted by Crippen LogP contribution is -2.28. The number of ether oxygens (including phenoxy) is 2. The highest BCUT2D eigenvalue weighted by molar-refractivity contribution is 7.15. The molecule has 0 saturated heterocycles. The maximum atomic E-state index is 9.49. The van der Waals surface area contributed by atoms with Crippen LogP contribution in [0.3, 0.4) is 0 Å². The van der Waals surface area contributed by atoms with Crippen LogP contribution in [0.1, 0.15) is 35.8 Å². The summed E-state index contributed by atoms with van der Waals surface area (Å²) in [5, 5.41) is 10.5. The molecule has 5 nitrogen and oxygen atoms in total. The van der Waals surface area contributed by atoms with E-state index in [2.05, 4.69) is 4.90 Å². The number of rotatable bonds is 10. The summed E-state index contributed by atoms with van der Waals surface area (Å²) in [6, 6.07) is 0. The average molecular weight is 300 g/mol.